The zero-order chi connectivity index (χ0) is 57.3. The molecule has 0 saturated heterocycles. The van der Waals surface area contributed by atoms with Gasteiger partial charge in [0.25, 0.3) is 11.4 Å². The van der Waals surface area contributed by atoms with Gasteiger partial charge in [-0.3, -0.25) is 29.8 Å². The summed E-state index contributed by atoms with van der Waals surface area (Å²) >= 11 is 0. The van der Waals surface area contributed by atoms with Crippen molar-refractivity contribution >= 4 is 47.0 Å². The third kappa shape index (κ3) is 18.0. The van der Waals surface area contributed by atoms with Crippen molar-refractivity contribution in [2.75, 3.05) is 13.2 Å². The van der Waals surface area contributed by atoms with E-state index in [-0.39, 0.29) is 82.7 Å². The van der Waals surface area contributed by atoms with Crippen molar-refractivity contribution in [3.05, 3.63) is 211 Å². The number of rotatable bonds is 26. The van der Waals surface area contributed by atoms with Gasteiger partial charge in [0, 0.05) is 42.5 Å². The molecule has 6 aromatic rings. The van der Waals surface area contributed by atoms with E-state index in [0.717, 1.165) is 36.4 Å². The average Bonchev–Trinajstić information content (AvgIpc) is 3.43. The molecule has 0 aliphatic carbocycles. The largest absolute Gasteiger partial charge is 0.494 e. The Morgan fingerprint density at radius 1 is 0.481 bits per heavy atom. The Hall–Kier alpha value is -9.02. The molecule has 0 aliphatic rings. The highest BCUT2D eigenvalue weighted by Crippen LogP contribution is 2.39. The molecule has 6 aromatic carbocycles. The summed E-state index contributed by atoms with van der Waals surface area (Å²) in [6.45, 7) is -0.374. The van der Waals surface area contributed by atoms with E-state index in [1.165, 1.54) is 133 Å². The maximum Gasteiger partial charge on any atom is 0.389 e. The summed E-state index contributed by atoms with van der Waals surface area (Å²) in [5, 5.41) is 47.5. The van der Waals surface area contributed by atoms with Gasteiger partial charge in [0.2, 0.25) is 0 Å². The van der Waals surface area contributed by atoms with Crippen LogP contribution in [0.4, 0.5) is 37.7 Å². The number of nitrogens with zero attached hydrogens (tertiary/aromatic N) is 2. The first kappa shape index (κ1) is 59.2. The standard InChI is InChI=1S/C57H48F6N2O14/c58-56(59,60)31-1-33-76-45-25-13-41(14-26-45)53(70)78-47-21-7-37(8-22-47)11-29-49(66)51(68)55(35-39-3-17-43(18-4-39)64(72)73,36-40-5-19-44(20-6-40)65(74)75)52(69)50(67)30-12-38-9-23-48(24-10-38)79-54(71)42-15-27-46(28-16-42)77-34-2-32-57(61,62)63/h3-30,51-52,68-69H,1-2,31-36H2/b29-11+,30-12+. The number of ether oxygens (including phenoxy) is 4. The summed E-state index contributed by atoms with van der Waals surface area (Å²) in [5.74, 6) is -2.93. The number of halogens is 6. The number of alkyl halides is 6. The lowest BCUT2D eigenvalue weighted by molar-refractivity contribution is -0.385. The van der Waals surface area contributed by atoms with Crippen molar-refractivity contribution in [2.45, 2.75) is 63.1 Å². The fourth-order valence-electron chi connectivity index (χ4n) is 7.86. The number of non-ortho nitro benzene ring substituents is 2. The van der Waals surface area contributed by atoms with E-state index in [9.17, 15) is 76.0 Å². The molecule has 0 spiro atoms. The summed E-state index contributed by atoms with van der Waals surface area (Å²) < 4.78 is 96.0. The Morgan fingerprint density at radius 2 is 0.797 bits per heavy atom. The highest BCUT2D eigenvalue weighted by atomic mass is 19.4. The Bertz CT molecular complexity index is 2910. The number of nitro benzene ring substituents is 2. The van der Waals surface area contributed by atoms with E-state index in [1.807, 2.05) is 0 Å². The van der Waals surface area contributed by atoms with E-state index >= 15 is 0 Å². The smallest absolute Gasteiger partial charge is 0.389 e. The lowest BCUT2D eigenvalue weighted by Gasteiger charge is -2.40. The van der Waals surface area contributed by atoms with Gasteiger partial charge in [-0.05, 0) is 133 Å². The molecule has 0 aliphatic heterocycles. The van der Waals surface area contributed by atoms with E-state index in [4.69, 9.17) is 18.9 Å². The third-order valence-electron chi connectivity index (χ3n) is 12.0. The van der Waals surface area contributed by atoms with Crippen LogP contribution >= 0.6 is 0 Å². The quantitative estimate of drug-likeness (QED) is 0.00979. The van der Waals surface area contributed by atoms with Crippen LogP contribution in [0.2, 0.25) is 0 Å². The summed E-state index contributed by atoms with van der Waals surface area (Å²) in [5.41, 5.74) is -1.41. The predicted molar refractivity (Wildman–Crippen MR) is 273 cm³/mol. The maximum absolute atomic E-state index is 14.2. The highest BCUT2D eigenvalue weighted by Gasteiger charge is 2.49. The molecule has 0 heterocycles. The number of hydrogen-bond acceptors (Lipinski definition) is 14. The minimum Gasteiger partial charge on any atom is -0.494 e. The van der Waals surface area contributed by atoms with Crippen LogP contribution in [0.15, 0.2) is 158 Å². The number of esters is 2. The molecule has 0 saturated carbocycles. The number of ketones is 2. The van der Waals surface area contributed by atoms with Gasteiger partial charge < -0.3 is 29.2 Å². The molecule has 6 rings (SSSR count). The molecule has 0 amide bonds. The average molecular weight is 1100 g/mol. The van der Waals surface area contributed by atoms with Crippen LogP contribution in [0.25, 0.3) is 12.2 Å². The fraction of sp³-hybridized carbons (Fsp3) is 0.228. The van der Waals surface area contributed by atoms with Crippen LogP contribution in [-0.2, 0) is 22.4 Å². The molecule has 2 unspecified atom stereocenters. The first-order valence-electron chi connectivity index (χ1n) is 24.0. The summed E-state index contributed by atoms with van der Waals surface area (Å²) in [6, 6.07) is 32.4. The minimum absolute atomic E-state index is 0.0811. The van der Waals surface area contributed by atoms with Gasteiger partial charge in [-0.1, -0.05) is 60.7 Å². The molecule has 412 valence electrons. The van der Waals surface area contributed by atoms with Gasteiger partial charge in [-0.15, -0.1) is 0 Å². The molecule has 0 aromatic heterocycles. The zero-order valence-electron chi connectivity index (χ0n) is 41.4. The number of carbonyl (C=O) groups excluding carboxylic acids is 4. The Morgan fingerprint density at radius 3 is 1.10 bits per heavy atom. The molecule has 16 nitrogen and oxygen atoms in total. The monoisotopic (exact) mass is 1100 g/mol. The molecule has 0 radical (unpaired) electrons. The fourth-order valence-corrected chi connectivity index (χ4v) is 7.86. The molecule has 2 N–H and O–H groups in total. The Labute approximate surface area is 446 Å². The van der Waals surface area contributed by atoms with Gasteiger partial charge in [-0.2, -0.15) is 26.3 Å². The summed E-state index contributed by atoms with van der Waals surface area (Å²) in [7, 11) is 0. The highest BCUT2D eigenvalue weighted by molar-refractivity contribution is 6.01. The maximum atomic E-state index is 14.2. The first-order valence-corrected chi connectivity index (χ1v) is 24.0. The van der Waals surface area contributed by atoms with Gasteiger partial charge in [0.15, 0.2) is 11.6 Å². The molecule has 0 bridgehead atoms. The normalized spacial score (nSPS) is 12.7. The van der Waals surface area contributed by atoms with Crippen molar-refractivity contribution in [2.24, 2.45) is 5.41 Å². The second-order valence-corrected chi connectivity index (χ2v) is 17.8. The number of benzene rings is 6. The van der Waals surface area contributed by atoms with Crippen LogP contribution in [0.5, 0.6) is 23.0 Å². The summed E-state index contributed by atoms with van der Waals surface area (Å²) in [6.07, 6.45) is -11.9. The van der Waals surface area contributed by atoms with Crippen LogP contribution < -0.4 is 18.9 Å². The van der Waals surface area contributed by atoms with Gasteiger partial charge in [-0.25, -0.2) is 9.59 Å². The van der Waals surface area contributed by atoms with Gasteiger partial charge in [0.05, 0.1) is 34.2 Å². The van der Waals surface area contributed by atoms with Crippen LogP contribution in [0.3, 0.4) is 0 Å². The zero-order valence-corrected chi connectivity index (χ0v) is 41.4. The predicted octanol–water partition coefficient (Wildman–Crippen LogP) is 11.4. The molecular formula is C57H48F6N2O14. The second-order valence-electron chi connectivity index (χ2n) is 17.8. The number of carbonyl (C=O) groups is 4. The molecular weight excluding hydrogens is 1050 g/mol. The number of hydrogen-bond donors (Lipinski definition) is 2. The van der Waals surface area contributed by atoms with E-state index in [1.54, 1.807) is 0 Å². The lowest BCUT2D eigenvalue weighted by atomic mass is 9.66. The molecule has 2 atom stereocenters. The Balaban J connectivity index is 1.19. The second kappa shape index (κ2) is 26.8. The van der Waals surface area contributed by atoms with Crippen LogP contribution in [0, 0.1) is 25.6 Å². The van der Waals surface area contributed by atoms with Crippen LogP contribution in [-0.4, -0.2) is 81.3 Å². The topological polar surface area (TPSA) is 232 Å². The van der Waals surface area contributed by atoms with Crippen molar-refractivity contribution < 1.29 is 84.5 Å². The van der Waals surface area contributed by atoms with Crippen molar-refractivity contribution in [1.82, 2.24) is 0 Å². The SMILES string of the molecule is O=C(Oc1ccc(/C=C/C(=O)C(O)C(Cc2ccc([N+](=O)[O-])cc2)(Cc2ccc([N+](=O)[O-])cc2)C(O)C(=O)/C=C/c2ccc(OC(=O)c3ccc(OCCCC(F)(F)F)cc3)cc2)cc1)c1ccc(OCCCC(F)(F)F)cc1. The van der Waals surface area contributed by atoms with E-state index in [2.05, 4.69) is 0 Å². The Kier molecular flexibility index (Phi) is 20.1. The minimum atomic E-state index is -4.31. The number of aliphatic hydroxyl groups excluding tert-OH is 2. The number of aliphatic hydroxyl groups is 2. The van der Waals surface area contributed by atoms with Gasteiger partial charge in [0.1, 0.15) is 35.2 Å². The van der Waals surface area contributed by atoms with Crippen molar-refractivity contribution in [1.29, 1.82) is 0 Å². The van der Waals surface area contributed by atoms with E-state index in [0.29, 0.717) is 11.1 Å². The lowest BCUT2D eigenvalue weighted by Crippen LogP contribution is -2.54. The molecule has 79 heavy (non-hydrogen) atoms. The molecule has 22 heteroatoms. The van der Waals surface area contributed by atoms with Crippen molar-refractivity contribution in [3.63, 3.8) is 0 Å². The number of nitro groups is 2. The summed E-state index contributed by atoms with van der Waals surface area (Å²) in [4.78, 5) is 75.8. The molecule has 0 fully saturated rings. The van der Waals surface area contributed by atoms with Gasteiger partial charge >= 0.3 is 24.3 Å². The van der Waals surface area contributed by atoms with E-state index < -0.39 is 89.0 Å². The van der Waals surface area contributed by atoms with Crippen LogP contribution in [0.1, 0.15) is 68.7 Å². The third-order valence-corrected chi connectivity index (χ3v) is 12.0. The first-order chi connectivity index (χ1) is 37.5. The van der Waals surface area contributed by atoms with Crippen molar-refractivity contribution in [3.8, 4) is 23.0 Å².